The van der Waals surface area contributed by atoms with Crippen LogP contribution in [0.5, 0.6) is 0 Å². The van der Waals surface area contributed by atoms with Crippen molar-refractivity contribution in [2.45, 2.75) is 76.0 Å². The lowest BCUT2D eigenvalue weighted by Crippen LogP contribution is -2.52. The van der Waals surface area contributed by atoms with Gasteiger partial charge in [0.15, 0.2) is 0 Å². The molecule has 9 nitrogen and oxygen atoms in total. The van der Waals surface area contributed by atoms with Crippen LogP contribution in [0.4, 0.5) is 0 Å². The van der Waals surface area contributed by atoms with Crippen LogP contribution in [0.15, 0.2) is 0 Å². The maximum Gasteiger partial charge on any atom is 0.237 e. The number of rotatable bonds is 13. The molecule has 26 heavy (non-hydrogen) atoms. The molecular weight excluding hydrogens is 344 g/mol. The van der Waals surface area contributed by atoms with Crippen molar-refractivity contribution in [1.29, 1.82) is 0 Å². The van der Waals surface area contributed by atoms with Gasteiger partial charge < -0.3 is 40.9 Å². The van der Waals surface area contributed by atoms with Gasteiger partial charge in [-0.15, -0.1) is 0 Å². The summed E-state index contributed by atoms with van der Waals surface area (Å²) in [6, 6.07) is -0.482. The highest BCUT2D eigenvalue weighted by Gasteiger charge is 2.30. The number of aliphatic hydroxyl groups is 5. The van der Waals surface area contributed by atoms with Crippen molar-refractivity contribution in [3.8, 4) is 0 Å². The summed E-state index contributed by atoms with van der Waals surface area (Å²) in [5.41, 5.74) is -0.289. The highest BCUT2D eigenvalue weighted by Crippen LogP contribution is 2.13. The number of aliphatic hydroxyl groups excluding tert-OH is 5. The Morgan fingerprint density at radius 3 is 2.12 bits per heavy atom. The molecule has 156 valence electrons. The number of hydrogen-bond donors (Lipinski definition) is 7. The molecule has 0 spiro atoms. The largest absolute Gasteiger partial charge is 0.394 e. The number of methoxy groups -OCH3 is 1. The molecule has 7 N–H and O–H groups in total. The SMILES string of the molecule is COCCNC(=O)C(CCC[C@H](O)[C@@H](O)[C@H](O)[C@H](O)CO)NC(C)(C)C. The van der Waals surface area contributed by atoms with Crippen molar-refractivity contribution in [2.75, 3.05) is 26.9 Å². The second-order valence-corrected chi connectivity index (χ2v) is 7.46. The van der Waals surface area contributed by atoms with E-state index in [1.807, 2.05) is 20.8 Å². The Bertz CT molecular complexity index is 390. The van der Waals surface area contributed by atoms with Gasteiger partial charge in [-0.05, 0) is 40.0 Å². The topological polar surface area (TPSA) is 152 Å². The minimum Gasteiger partial charge on any atom is -0.394 e. The van der Waals surface area contributed by atoms with Crippen molar-refractivity contribution in [1.82, 2.24) is 10.6 Å². The van der Waals surface area contributed by atoms with Gasteiger partial charge in [-0.1, -0.05) is 0 Å². The minimum atomic E-state index is -1.64. The van der Waals surface area contributed by atoms with Crippen LogP contribution >= 0.6 is 0 Å². The molecule has 0 heterocycles. The molecule has 0 radical (unpaired) electrons. The Hall–Kier alpha value is -0.810. The molecule has 0 saturated heterocycles. The molecule has 0 aromatic heterocycles. The van der Waals surface area contributed by atoms with E-state index in [0.717, 1.165) is 0 Å². The summed E-state index contributed by atoms with van der Waals surface area (Å²) in [4.78, 5) is 12.3. The van der Waals surface area contributed by atoms with Crippen molar-refractivity contribution >= 4 is 5.91 Å². The third-order valence-electron chi connectivity index (χ3n) is 3.85. The van der Waals surface area contributed by atoms with Crippen LogP contribution < -0.4 is 10.6 Å². The van der Waals surface area contributed by atoms with Crippen LogP contribution in [-0.4, -0.2) is 94.3 Å². The number of carbonyl (C=O) groups excluding carboxylic acids is 1. The Morgan fingerprint density at radius 2 is 1.62 bits per heavy atom. The van der Waals surface area contributed by atoms with E-state index in [-0.39, 0.29) is 17.9 Å². The van der Waals surface area contributed by atoms with Crippen molar-refractivity contribution < 1.29 is 35.1 Å². The lowest BCUT2D eigenvalue weighted by molar-refractivity contribution is -0.124. The lowest BCUT2D eigenvalue weighted by Gasteiger charge is -2.29. The van der Waals surface area contributed by atoms with E-state index in [1.54, 1.807) is 7.11 Å². The van der Waals surface area contributed by atoms with Crippen LogP contribution in [0.3, 0.4) is 0 Å². The molecule has 0 aliphatic carbocycles. The summed E-state index contributed by atoms with van der Waals surface area (Å²) in [6.07, 6.45) is -5.08. The van der Waals surface area contributed by atoms with Gasteiger partial charge in [-0.3, -0.25) is 4.79 Å². The Labute approximate surface area is 155 Å². The third-order valence-corrected chi connectivity index (χ3v) is 3.85. The first kappa shape index (κ1) is 25.2. The highest BCUT2D eigenvalue weighted by molar-refractivity contribution is 5.81. The quantitative estimate of drug-likeness (QED) is 0.183. The molecule has 0 aromatic carbocycles. The van der Waals surface area contributed by atoms with Gasteiger partial charge in [0, 0.05) is 19.2 Å². The molecule has 5 atom stereocenters. The second kappa shape index (κ2) is 12.6. The molecule has 0 aromatic rings. The molecular formula is C17H36N2O7. The number of hydrogen-bond acceptors (Lipinski definition) is 8. The van der Waals surface area contributed by atoms with Gasteiger partial charge in [0.1, 0.15) is 18.3 Å². The molecule has 9 heteroatoms. The molecule has 0 saturated carbocycles. The van der Waals surface area contributed by atoms with Gasteiger partial charge in [0.05, 0.1) is 25.4 Å². The zero-order valence-electron chi connectivity index (χ0n) is 16.2. The minimum absolute atomic E-state index is 0.129. The van der Waals surface area contributed by atoms with E-state index in [0.29, 0.717) is 26.0 Å². The van der Waals surface area contributed by atoms with E-state index in [9.17, 15) is 25.2 Å². The van der Waals surface area contributed by atoms with E-state index in [4.69, 9.17) is 9.84 Å². The fourth-order valence-electron chi connectivity index (χ4n) is 2.46. The van der Waals surface area contributed by atoms with Crippen LogP contribution in [-0.2, 0) is 9.53 Å². The van der Waals surface area contributed by atoms with Gasteiger partial charge in [-0.25, -0.2) is 0 Å². The smallest absolute Gasteiger partial charge is 0.237 e. The Morgan fingerprint density at radius 1 is 1.04 bits per heavy atom. The highest BCUT2D eigenvalue weighted by atomic mass is 16.5. The lowest BCUT2D eigenvalue weighted by atomic mass is 9.97. The predicted octanol–water partition coefficient (Wildman–Crippen LogP) is -1.89. The normalized spacial score (nSPS) is 18.0. The van der Waals surface area contributed by atoms with E-state index in [1.165, 1.54) is 0 Å². The fourth-order valence-corrected chi connectivity index (χ4v) is 2.46. The molecule has 1 amide bonds. The monoisotopic (exact) mass is 380 g/mol. The predicted molar refractivity (Wildman–Crippen MR) is 96.5 cm³/mol. The molecule has 0 aliphatic heterocycles. The van der Waals surface area contributed by atoms with Gasteiger partial charge in [-0.2, -0.15) is 0 Å². The van der Waals surface area contributed by atoms with Crippen molar-refractivity contribution in [3.63, 3.8) is 0 Å². The first-order valence-corrected chi connectivity index (χ1v) is 8.91. The third kappa shape index (κ3) is 10.4. The number of carbonyl (C=O) groups is 1. The maximum atomic E-state index is 12.3. The van der Waals surface area contributed by atoms with E-state index < -0.39 is 37.1 Å². The standard InChI is InChI=1S/C17H36N2O7/c1-17(2,3)19-11(16(25)18-8-9-26-4)6-5-7-12(21)14(23)15(24)13(22)10-20/h11-15,19-24H,5-10H2,1-4H3,(H,18,25)/t11?,12-,13+,14+,15+/m0/s1. The summed E-state index contributed by atoms with van der Waals surface area (Å²) in [6.45, 7) is 5.90. The average Bonchev–Trinajstić information content (AvgIpc) is 2.57. The van der Waals surface area contributed by atoms with Crippen LogP contribution in [0.2, 0.25) is 0 Å². The first-order chi connectivity index (χ1) is 12.0. The summed E-state index contributed by atoms with van der Waals surface area (Å²) in [5.74, 6) is -0.178. The Kier molecular flexibility index (Phi) is 12.2. The summed E-state index contributed by atoms with van der Waals surface area (Å²) in [5, 5.41) is 53.5. The fraction of sp³-hybridized carbons (Fsp3) is 0.941. The maximum absolute atomic E-state index is 12.3. The zero-order chi connectivity index (χ0) is 20.3. The first-order valence-electron chi connectivity index (χ1n) is 8.91. The van der Waals surface area contributed by atoms with Crippen LogP contribution in [0, 0.1) is 0 Å². The van der Waals surface area contributed by atoms with Gasteiger partial charge in [0.2, 0.25) is 5.91 Å². The summed E-state index contributed by atoms with van der Waals surface area (Å²) >= 11 is 0. The zero-order valence-corrected chi connectivity index (χ0v) is 16.2. The molecule has 0 fully saturated rings. The second-order valence-electron chi connectivity index (χ2n) is 7.46. The van der Waals surface area contributed by atoms with Gasteiger partial charge in [0.25, 0.3) is 0 Å². The van der Waals surface area contributed by atoms with Gasteiger partial charge >= 0.3 is 0 Å². The summed E-state index contributed by atoms with van der Waals surface area (Å²) in [7, 11) is 1.55. The number of ether oxygens (including phenoxy) is 1. The van der Waals surface area contributed by atoms with Crippen LogP contribution in [0.25, 0.3) is 0 Å². The van der Waals surface area contributed by atoms with E-state index >= 15 is 0 Å². The molecule has 0 rings (SSSR count). The number of nitrogens with one attached hydrogen (secondary N) is 2. The van der Waals surface area contributed by atoms with Crippen LogP contribution in [0.1, 0.15) is 40.0 Å². The van der Waals surface area contributed by atoms with Crippen molar-refractivity contribution in [3.05, 3.63) is 0 Å². The summed E-state index contributed by atoms with van der Waals surface area (Å²) < 4.78 is 4.90. The van der Waals surface area contributed by atoms with Crippen molar-refractivity contribution in [2.24, 2.45) is 0 Å². The average molecular weight is 380 g/mol. The molecule has 0 bridgehead atoms. The molecule has 1 unspecified atom stereocenters. The Balaban J connectivity index is 4.56. The molecule has 0 aliphatic rings. The van der Waals surface area contributed by atoms with E-state index in [2.05, 4.69) is 10.6 Å². The number of amides is 1.